The summed E-state index contributed by atoms with van der Waals surface area (Å²) in [6, 6.07) is 0.696. The van der Waals surface area contributed by atoms with Crippen LogP contribution in [-0.2, 0) is 12.8 Å². The zero-order valence-electron chi connectivity index (χ0n) is 11.6. The van der Waals surface area contributed by atoms with Gasteiger partial charge in [-0.1, -0.05) is 6.08 Å². The zero-order chi connectivity index (χ0) is 13.2. The number of hydrogen-bond donors (Lipinski definition) is 1. The number of likely N-dealkylation sites (tertiary alicyclic amines) is 1. The van der Waals surface area contributed by atoms with Crippen LogP contribution < -0.4 is 0 Å². The van der Waals surface area contributed by atoms with Crippen molar-refractivity contribution in [1.82, 2.24) is 15.1 Å². The lowest BCUT2D eigenvalue weighted by molar-refractivity contribution is 0.0661. The molecule has 1 aromatic heterocycles. The molecule has 0 aromatic carbocycles. The number of thioether (sulfide) groups is 1. The molecule has 1 aliphatic heterocycles. The Labute approximate surface area is 119 Å². The van der Waals surface area contributed by atoms with Crippen molar-refractivity contribution >= 4 is 11.8 Å². The van der Waals surface area contributed by atoms with Crippen molar-refractivity contribution in [2.45, 2.75) is 25.3 Å². The van der Waals surface area contributed by atoms with E-state index in [1.807, 2.05) is 18.0 Å². The SMILES string of the molecule is C=CCN1CC(CSC)CC2Cc3[nH]ncc3CC21. The fraction of sp³-hybridized carbons (Fsp3) is 0.667. The van der Waals surface area contributed by atoms with Crippen LogP contribution in [0.5, 0.6) is 0 Å². The van der Waals surface area contributed by atoms with Crippen LogP contribution >= 0.6 is 11.8 Å². The number of nitrogens with one attached hydrogen (secondary N) is 1. The third-order valence-corrected chi connectivity index (χ3v) is 5.42. The van der Waals surface area contributed by atoms with Crippen LogP contribution in [0.1, 0.15) is 17.7 Å². The van der Waals surface area contributed by atoms with E-state index in [0.29, 0.717) is 6.04 Å². The molecule has 1 N–H and O–H groups in total. The highest BCUT2D eigenvalue weighted by atomic mass is 32.2. The summed E-state index contributed by atoms with van der Waals surface area (Å²) < 4.78 is 0. The van der Waals surface area contributed by atoms with Gasteiger partial charge in [0.1, 0.15) is 0 Å². The highest BCUT2D eigenvalue weighted by Crippen LogP contribution is 2.37. The highest BCUT2D eigenvalue weighted by molar-refractivity contribution is 7.98. The molecule has 104 valence electrons. The smallest absolute Gasteiger partial charge is 0.0522 e. The largest absolute Gasteiger partial charge is 0.296 e. The van der Waals surface area contributed by atoms with E-state index in [0.717, 1.165) is 24.8 Å². The van der Waals surface area contributed by atoms with Gasteiger partial charge in [0, 0.05) is 24.8 Å². The number of piperidine rings is 1. The van der Waals surface area contributed by atoms with E-state index in [1.54, 1.807) is 0 Å². The fourth-order valence-electron chi connectivity index (χ4n) is 3.85. The monoisotopic (exact) mass is 277 g/mol. The quantitative estimate of drug-likeness (QED) is 0.858. The third kappa shape index (κ3) is 2.61. The number of nitrogens with zero attached hydrogens (tertiary/aromatic N) is 2. The average molecular weight is 277 g/mol. The van der Waals surface area contributed by atoms with Gasteiger partial charge in [-0.15, -0.1) is 6.58 Å². The maximum absolute atomic E-state index is 4.22. The number of H-pyrrole nitrogens is 1. The molecule has 1 fully saturated rings. The lowest BCUT2D eigenvalue weighted by Gasteiger charge is -2.46. The summed E-state index contributed by atoms with van der Waals surface area (Å²) >= 11 is 1.98. The first kappa shape index (κ1) is 13.3. The van der Waals surface area contributed by atoms with Crippen molar-refractivity contribution in [1.29, 1.82) is 0 Å². The molecule has 0 saturated carbocycles. The minimum atomic E-state index is 0.696. The van der Waals surface area contributed by atoms with Crippen LogP contribution in [0.2, 0.25) is 0 Å². The molecular weight excluding hydrogens is 254 g/mol. The second-order valence-electron chi connectivity index (χ2n) is 5.91. The Hall–Kier alpha value is -0.740. The van der Waals surface area contributed by atoms with Crippen LogP contribution in [0.4, 0.5) is 0 Å². The Bertz CT molecular complexity index is 442. The summed E-state index contributed by atoms with van der Waals surface area (Å²) in [5, 5.41) is 7.41. The molecule has 0 amide bonds. The summed E-state index contributed by atoms with van der Waals surface area (Å²) in [4.78, 5) is 2.65. The maximum atomic E-state index is 4.22. The lowest BCUT2D eigenvalue weighted by atomic mass is 9.75. The second kappa shape index (κ2) is 5.71. The van der Waals surface area contributed by atoms with Gasteiger partial charge < -0.3 is 0 Å². The van der Waals surface area contributed by atoms with Crippen LogP contribution in [0.15, 0.2) is 18.9 Å². The Morgan fingerprint density at radius 2 is 2.47 bits per heavy atom. The van der Waals surface area contributed by atoms with Gasteiger partial charge in [0.2, 0.25) is 0 Å². The van der Waals surface area contributed by atoms with Gasteiger partial charge in [0.15, 0.2) is 0 Å². The minimum absolute atomic E-state index is 0.696. The molecule has 3 unspecified atom stereocenters. The van der Waals surface area contributed by atoms with Crippen LogP contribution in [0.25, 0.3) is 0 Å². The molecule has 2 aliphatic rings. The van der Waals surface area contributed by atoms with E-state index < -0.39 is 0 Å². The van der Waals surface area contributed by atoms with Gasteiger partial charge in [-0.05, 0) is 48.7 Å². The average Bonchev–Trinajstić information content (AvgIpc) is 2.84. The van der Waals surface area contributed by atoms with Gasteiger partial charge in [0.25, 0.3) is 0 Å². The Balaban J connectivity index is 1.80. The van der Waals surface area contributed by atoms with Crippen molar-refractivity contribution in [3.63, 3.8) is 0 Å². The number of rotatable bonds is 4. The van der Waals surface area contributed by atoms with Gasteiger partial charge in [-0.25, -0.2) is 0 Å². The molecule has 3 rings (SSSR count). The first-order chi connectivity index (χ1) is 9.31. The maximum Gasteiger partial charge on any atom is 0.0522 e. The highest BCUT2D eigenvalue weighted by Gasteiger charge is 2.38. The van der Waals surface area contributed by atoms with E-state index >= 15 is 0 Å². The van der Waals surface area contributed by atoms with Gasteiger partial charge >= 0.3 is 0 Å². The van der Waals surface area contributed by atoms with Crippen molar-refractivity contribution < 1.29 is 0 Å². The molecule has 0 radical (unpaired) electrons. The molecule has 2 heterocycles. The molecule has 3 nitrogen and oxygen atoms in total. The molecule has 1 saturated heterocycles. The lowest BCUT2D eigenvalue weighted by Crippen LogP contribution is -2.52. The summed E-state index contributed by atoms with van der Waals surface area (Å²) in [6.45, 7) is 6.20. The Morgan fingerprint density at radius 3 is 3.26 bits per heavy atom. The molecule has 0 spiro atoms. The normalized spacial score (nSPS) is 30.7. The summed E-state index contributed by atoms with van der Waals surface area (Å²) in [6.07, 6.45) is 10.0. The molecule has 0 bridgehead atoms. The van der Waals surface area contributed by atoms with Crippen molar-refractivity contribution in [3.8, 4) is 0 Å². The summed E-state index contributed by atoms with van der Waals surface area (Å²) in [5.74, 6) is 2.91. The van der Waals surface area contributed by atoms with Crippen LogP contribution in [-0.4, -0.2) is 46.2 Å². The molecule has 1 aliphatic carbocycles. The van der Waals surface area contributed by atoms with E-state index in [-0.39, 0.29) is 0 Å². The predicted molar refractivity (Wildman–Crippen MR) is 81.5 cm³/mol. The van der Waals surface area contributed by atoms with Crippen molar-refractivity contribution in [3.05, 3.63) is 30.1 Å². The van der Waals surface area contributed by atoms with Crippen molar-refractivity contribution in [2.75, 3.05) is 25.1 Å². The standard InChI is InChI=1S/C15H23N3S/c1-3-4-18-9-11(10-19-2)5-12-6-14-13(7-15(12)18)8-16-17-14/h3,8,11-12,15H,1,4-7,9-10H2,2H3,(H,16,17). The van der Waals surface area contributed by atoms with Gasteiger partial charge in [0.05, 0.1) is 6.20 Å². The zero-order valence-corrected chi connectivity index (χ0v) is 12.5. The van der Waals surface area contributed by atoms with Crippen LogP contribution in [0, 0.1) is 11.8 Å². The summed E-state index contributed by atoms with van der Waals surface area (Å²) in [5.41, 5.74) is 2.81. The topological polar surface area (TPSA) is 31.9 Å². The van der Waals surface area contributed by atoms with E-state index in [1.165, 1.54) is 36.4 Å². The molecule has 19 heavy (non-hydrogen) atoms. The van der Waals surface area contributed by atoms with Gasteiger partial charge in [-0.3, -0.25) is 10.00 Å². The number of fused-ring (bicyclic) bond motifs is 2. The van der Waals surface area contributed by atoms with E-state index in [2.05, 4.69) is 34.0 Å². The van der Waals surface area contributed by atoms with Gasteiger partial charge in [-0.2, -0.15) is 16.9 Å². The Kier molecular flexibility index (Phi) is 3.99. The first-order valence-electron chi connectivity index (χ1n) is 7.16. The molecule has 4 heteroatoms. The number of aromatic nitrogens is 2. The third-order valence-electron chi connectivity index (χ3n) is 4.61. The Morgan fingerprint density at radius 1 is 1.58 bits per heavy atom. The predicted octanol–water partition coefficient (Wildman–Crippen LogP) is 2.36. The summed E-state index contributed by atoms with van der Waals surface area (Å²) in [7, 11) is 0. The first-order valence-corrected chi connectivity index (χ1v) is 8.56. The van der Waals surface area contributed by atoms with Crippen LogP contribution in [0.3, 0.4) is 0 Å². The molecule has 1 aromatic rings. The molecule has 3 atom stereocenters. The molecular formula is C15H23N3S. The van der Waals surface area contributed by atoms with E-state index in [4.69, 9.17) is 0 Å². The number of aromatic amines is 1. The fourth-order valence-corrected chi connectivity index (χ4v) is 4.56. The minimum Gasteiger partial charge on any atom is -0.296 e. The van der Waals surface area contributed by atoms with Crippen molar-refractivity contribution in [2.24, 2.45) is 11.8 Å². The number of hydrogen-bond acceptors (Lipinski definition) is 3. The van der Waals surface area contributed by atoms with E-state index in [9.17, 15) is 0 Å². The second-order valence-corrected chi connectivity index (χ2v) is 6.82.